The number of amides is 3. The van der Waals surface area contributed by atoms with Crippen LogP contribution in [-0.4, -0.2) is 50.9 Å². The molecule has 1 atom stereocenters. The van der Waals surface area contributed by atoms with Crippen LogP contribution in [0.15, 0.2) is 53.2 Å². The predicted molar refractivity (Wildman–Crippen MR) is 155 cm³/mol. The molecule has 0 aliphatic carbocycles. The number of benzene rings is 1. The number of carbonyl (C=O) groups excluding carboxylic acids is 3. The Morgan fingerprint density at radius 1 is 0.975 bits per heavy atom. The highest BCUT2D eigenvalue weighted by Gasteiger charge is 2.50. The van der Waals surface area contributed by atoms with Crippen LogP contribution in [0.25, 0.3) is 0 Å². The van der Waals surface area contributed by atoms with E-state index in [0.717, 1.165) is 5.56 Å². The van der Waals surface area contributed by atoms with E-state index in [1.165, 1.54) is 0 Å². The molecule has 10 heteroatoms. The average molecular weight is 547 g/mol. The van der Waals surface area contributed by atoms with Crippen molar-refractivity contribution in [2.24, 2.45) is 0 Å². The molecule has 2 aromatic heterocycles. The van der Waals surface area contributed by atoms with Crippen LogP contribution in [0.2, 0.25) is 0 Å². The summed E-state index contributed by atoms with van der Waals surface area (Å²) in [5, 5.41) is 12.0. The zero-order chi connectivity index (χ0) is 29.5. The molecule has 0 saturated carbocycles. The monoisotopic (exact) mass is 546 g/mol. The molecule has 1 unspecified atom stereocenters. The Morgan fingerprint density at radius 2 is 1.60 bits per heavy atom. The molecule has 4 rings (SSSR count). The van der Waals surface area contributed by atoms with E-state index in [1.54, 1.807) is 42.6 Å². The number of hydrogen-bond acceptors (Lipinski definition) is 7. The molecule has 0 bridgehead atoms. The number of urea groups is 1. The third-order valence-electron chi connectivity index (χ3n) is 7.65. The minimum Gasteiger partial charge on any atom is -0.359 e. The van der Waals surface area contributed by atoms with Gasteiger partial charge >= 0.3 is 6.03 Å². The van der Waals surface area contributed by atoms with Gasteiger partial charge in [0.25, 0.3) is 5.91 Å². The third kappa shape index (κ3) is 6.07. The van der Waals surface area contributed by atoms with Crippen LogP contribution in [0.3, 0.4) is 0 Å². The molecular weight excluding hydrogens is 508 g/mol. The van der Waals surface area contributed by atoms with Crippen molar-refractivity contribution in [2.45, 2.75) is 77.3 Å². The van der Waals surface area contributed by atoms with Crippen molar-refractivity contribution < 1.29 is 18.9 Å². The molecule has 1 aliphatic rings. The van der Waals surface area contributed by atoms with Gasteiger partial charge in [-0.25, -0.2) is 4.79 Å². The minimum atomic E-state index is -0.468. The first kappa shape index (κ1) is 28.9. The Hall–Kier alpha value is -4.05. The number of Topliss-reactive ketones (excluding diaryl/α,β-unsaturated/α-hetero) is 1. The summed E-state index contributed by atoms with van der Waals surface area (Å²) < 4.78 is 5.28. The summed E-state index contributed by atoms with van der Waals surface area (Å²) in [6.45, 7) is 14.3. The predicted octanol–water partition coefficient (Wildman–Crippen LogP) is 5.81. The van der Waals surface area contributed by atoms with Gasteiger partial charge in [0, 0.05) is 46.6 Å². The van der Waals surface area contributed by atoms with Gasteiger partial charge in [-0.1, -0.05) is 32.0 Å². The number of rotatable bonds is 5. The lowest BCUT2D eigenvalue weighted by Crippen LogP contribution is -2.62. The smallest absolute Gasteiger partial charge is 0.324 e. The first-order chi connectivity index (χ1) is 18.6. The summed E-state index contributed by atoms with van der Waals surface area (Å²) in [6.07, 6.45) is 2.07. The highest BCUT2D eigenvalue weighted by Crippen LogP contribution is 2.43. The van der Waals surface area contributed by atoms with Crippen molar-refractivity contribution in [1.29, 1.82) is 0 Å². The highest BCUT2D eigenvalue weighted by molar-refractivity contribution is 6.03. The molecule has 1 fully saturated rings. The fourth-order valence-electron chi connectivity index (χ4n) is 5.12. The normalized spacial score (nSPS) is 18.7. The van der Waals surface area contributed by atoms with Crippen molar-refractivity contribution in [3.05, 3.63) is 65.7 Å². The summed E-state index contributed by atoms with van der Waals surface area (Å²) in [6, 6.07) is 11.4. The Kier molecular flexibility index (Phi) is 7.60. The number of nitrogens with zero attached hydrogens (tertiary/aromatic N) is 3. The maximum absolute atomic E-state index is 13.1. The molecule has 3 amide bonds. The van der Waals surface area contributed by atoms with Gasteiger partial charge < -0.3 is 15.2 Å². The van der Waals surface area contributed by atoms with Crippen molar-refractivity contribution >= 4 is 34.9 Å². The fraction of sp³-hybridized carbons (Fsp3) is 0.433. The molecule has 1 aliphatic heterocycles. The first-order valence-electron chi connectivity index (χ1n) is 13.3. The summed E-state index contributed by atoms with van der Waals surface area (Å²) in [5.74, 6) is 0.438. The molecular formula is C30H38N6O4. The number of pyridine rings is 1. The van der Waals surface area contributed by atoms with E-state index in [2.05, 4.69) is 58.7 Å². The van der Waals surface area contributed by atoms with Crippen molar-refractivity contribution in [1.82, 2.24) is 15.0 Å². The number of likely N-dealkylation sites (tertiary alicyclic amines) is 1. The SMILES string of the molecule is CN1C(C)(C)CC(=O)C(c2ccc(C(=O)Nc3ccc(NC(=O)Nc4cc(C(C)(C)C)on4)cc3)nc2)C1(C)C. The van der Waals surface area contributed by atoms with Gasteiger partial charge in [0.2, 0.25) is 0 Å². The zero-order valence-electron chi connectivity index (χ0n) is 24.4. The quantitative estimate of drug-likeness (QED) is 0.368. The van der Waals surface area contributed by atoms with Gasteiger partial charge in [0.15, 0.2) is 5.82 Å². The number of carbonyl (C=O) groups is 3. The van der Waals surface area contributed by atoms with Crippen LogP contribution in [0.4, 0.5) is 22.0 Å². The van der Waals surface area contributed by atoms with E-state index in [-0.39, 0.29) is 34.3 Å². The zero-order valence-corrected chi connectivity index (χ0v) is 24.4. The molecule has 1 aromatic carbocycles. The Bertz CT molecular complexity index is 1400. The number of hydrogen-bond donors (Lipinski definition) is 3. The number of likely N-dealkylation sites (N-methyl/N-ethyl adjacent to an activating group) is 1. The number of ketones is 1. The van der Waals surface area contributed by atoms with Gasteiger partial charge in [0.05, 0.1) is 5.92 Å². The topological polar surface area (TPSA) is 129 Å². The van der Waals surface area contributed by atoms with Crippen LogP contribution in [0.1, 0.15) is 82.6 Å². The lowest BCUT2D eigenvalue weighted by Gasteiger charge is -2.54. The highest BCUT2D eigenvalue weighted by atomic mass is 16.5. The summed E-state index contributed by atoms with van der Waals surface area (Å²) in [5.41, 5.74) is 1.26. The maximum Gasteiger partial charge on any atom is 0.324 e. The van der Waals surface area contributed by atoms with Crippen LogP contribution in [0, 0.1) is 0 Å². The Morgan fingerprint density at radius 3 is 2.15 bits per heavy atom. The molecule has 1 saturated heterocycles. The van der Waals surface area contributed by atoms with E-state index >= 15 is 0 Å². The van der Waals surface area contributed by atoms with Crippen molar-refractivity contribution in [3.8, 4) is 0 Å². The number of piperidine rings is 1. The fourth-order valence-corrected chi connectivity index (χ4v) is 5.12. The van der Waals surface area contributed by atoms with Gasteiger partial charge in [-0.15, -0.1) is 0 Å². The lowest BCUT2D eigenvalue weighted by atomic mass is 9.69. The molecule has 212 valence electrons. The van der Waals surface area contributed by atoms with Crippen LogP contribution in [-0.2, 0) is 10.2 Å². The van der Waals surface area contributed by atoms with Crippen LogP contribution >= 0.6 is 0 Å². The molecule has 3 heterocycles. The molecule has 3 N–H and O–H groups in total. The van der Waals surface area contributed by atoms with E-state index in [4.69, 9.17) is 4.52 Å². The minimum absolute atomic E-state index is 0.171. The number of anilines is 3. The largest absolute Gasteiger partial charge is 0.359 e. The standard InChI is InChI=1S/C30H38N6O4/c1-28(2,3)23-15-24(35-40-23)34-27(39)33-20-12-10-19(11-13-20)32-26(38)21-14-9-18(17-31-21)25-22(37)16-29(4,5)36(8)30(25,6)7/h9-15,17,25H,16H2,1-8H3,(H,32,38)(H2,33,34,35,39). The second-order valence-electron chi connectivity index (χ2n) is 12.5. The van der Waals surface area contributed by atoms with Crippen molar-refractivity contribution in [3.63, 3.8) is 0 Å². The molecule has 0 spiro atoms. The van der Waals surface area contributed by atoms with E-state index < -0.39 is 11.6 Å². The van der Waals surface area contributed by atoms with Crippen molar-refractivity contribution in [2.75, 3.05) is 23.0 Å². The van der Waals surface area contributed by atoms with E-state index in [1.807, 2.05) is 33.9 Å². The van der Waals surface area contributed by atoms with Crippen LogP contribution in [0.5, 0.6) is 0 Å². The second-order valence-corrected chi connectivity index (χ2v) is 12.5. The summed E-state index contributed by atoms with van der Waals surface area (Å²) >= 11 is 0. The van der Waals surface area contributed by atoms with E-state index in [9.17, 15) is 14.4 Å². The Balaban J connectivity index is 1.35. The van der Waals surface area contributed by atoms with Gasteiger partial charge in [-0.05, 0) is 70.6 Å². The van der Waals surface area contributed by atoms with Gasteiger partial charge in [0.1, 0.15) is 17.2 Å². The molecule has 40 heavy (non-hydrogen) atoms. The average Bonchev–Trinajstić information content (AvgIpc) is 3.33. The molecule has 10 nitrogen and oxygen atoms in total. The molecule has 3 aromatic rings. The summed E-state index contributed by atoms with van der Waals surface area (Å²) in [4.78, 5) is 44.8. The first-order valence-corrected chi connectivity index (χ1v) is 13.3. The third-order valence-corrected chi connectivity index (χ3v) is 7.65. The summed E-state index contributed by atoms with van der Waals surface area (Å²) in [7, 11) is 2.04. The lowest BCUT2D eigenvalue weighted by molar-refractivity contribution is -0.135. The maximum atomic E-state index is 13.1. The molecule has 0 radical (unpaired) electrons. The van der Waals surface area contributed by atoms with E-state index in [0.29, 0.717) is 29.4 Å². The van der Waals surface area contributed by atoms with Gasteiger partial charge in [-0.3, -0.25) is 24.8 Å². The number of nitrogens with one attached hydrogen (secondary N) is 3. The Labute approximate surface area is 234 Å². The number of aromatic nitrogens is 2. The second kappa shape index (κ2) is 10.5. The van der Waals surface area contributed by atoms with Gasteiger partial charge in [-0.2, -0.15) is 0 Å². The van der Waals surface area contributed by atoms with Crippen LogP contribution < -0.4 is 16.0 Å².